The van der Waals surface area contributed by atoms with Gasteiger partial charge in [-0.2, -0.15) is 0 Å². The Morgan fingerprint density at radius 3 is 2.79 bits per heavy atom. The zero-order valence-electron chi connectivity index (χ0n) is 10.4. The van der Waals surface area contributed by atoms with E-state index in [2.05, 4.69) is 0 Å². The molecule has 2 aromatic rings. The van der Waals surface area contributed by atoms with Crippen LogP contribution in [0, 0.1) is 0 Å². The Bertz CT molecular complexity index is 660. The molecule has 98 valence electrons. The fourth-order valence-electron chi connectivity index (χ4n) is 1.79. The highest BCUT2D eigenvalue weighted by atomic mass is 16.5. The largest absolute Gasteiger partial charge is 0.491 e. The molecule has 0 saturated heterocycles. The third-order valence-corrected chi connectivity index (χ3v) is 2.73. The van der Waals surface area contributed by atoms with E-state index in [-0.39, 0.29) is 16.9 Å². The topological polar surface area (TPSA) is 68.5 Å². The first-order chi connectivity index (χ1) is 9.11. The Morgan fingerprint density at radius 2 is 2.11 bits per heavy atom. The molecule has 0 aliphatic carbocycles. The first-order valence-corrected chi connectivity index (χ1v) is 5.67. The van der Waals surface area contributed by atoms with Gasteiger partial charge in [0, 0.05) is 6.20 Å². The Balaban J connectivity index is 2.34. The minimum atomic E-state index is -0.986. The third kappa shape index (κ3) is 2.82. The zero-order valence-corrected chi connectivity index (χ0v) is 10.4. The van der Waals surface area contributed by atoms with Gasteiger partial charge in [0.15, 0.2) is 5.75 Å². The first kappa shape index (κ1) is 12.9. The van der Waals surface area contributed by atoms with E-state index in [0.29, 0.717) is 6.54 Å². The number of carboxylic acids is 1. The van der Waals surface area contributed by atoms with Crippen LogP contribution in [-0.4, -0.2) is 22.8 Å². The lowest BCUT2D eigenvalue weighted by Gasteiger charge is -2.08. The van der Waals surface area contributed by atoms with Crippen molar-refractivity contribution >= 4 is 5.97 Å². The maximum atomic E-state index is 11.9. The van der Waals surface area contributed by atoms with Crippen molar-refractivity contribution < 1.29 is 14.6 Å². The van der Waals surface area contributed by atoms with Crippen molar-refractivity contribution in [1.82, 2.24) is 4.57 Å². The van der Waals surface area contributed by atoms with Gasteiger partial charge in [-0.15, -0.1) is 0 Å². The molecule has 0 saturated carbocycles. The van der Waals surface area contributed by atoms with Crippen LogP contribution < -0.4 is 10.3 Å². The monoisotopic (exact) mass is 259 g/mol. The highest BCUT2D eigenvalue weighted by Gasteiger charge is 2.06. The highest BCUT2D eigenvalue weighted by Crippen LogP contribution is 2.08. The average Bonchev–Trinajstić information content (AvgIpc) is 2.41. The van der Waals surface area contributed by atoms with E-state index in [1.165, 1.54) is 17.7 Å². The molecule has 2 rings (SSSR count). The summed E-state index contributed by atoms with van der Waals surface area (Å²) in [6.07, 6.45) is 1.64. The molecule has 5 heteroatoms. The van der Waals surface area contributed by atoms with Gasteiger partial charge in [0.25, 0.3) is 5.56 Å². The zero-order chi connectivity index (χ0) is 13.8. The van der Waals surface area contributed by atoms with Gasteiger partial charge < -0.3 is 14.4 Å². The number of pyridine rings is 1. The van der Waals surface area contributed by atoms with Crippen molar-refractivity contribution in [3.05, 3.63) is 64.1 Å². The molecule has 0 radical (unpaired) electrons. The predicted octanol–water partition coefficient (Wildman–Crippen LogP) is 1.60. The lowest BCUT2D eigenvalue weighted by molar-refractivity contribution is 0.0696. The van der Waals surface area contributed by atoms with E-state index in [0.717, 1.165) is 5.56 Å². The van der Waals surface area contributed by atoms with Crippen molar-refractivity contribution in [2.45, 2.75) is 6.54 Å². The first-order valence-electron chi connectivity index (χ1n) is 5.67. The van der Waals surface area contributed by atoms with Crippen molar-refractivity contribution in [3.8, 4) is 5.75 Å². The van der Waals surface area contributed by atoms with Crippen LogP contribution in [0.2, 0.25) is 0 Å². The molecule has 0 fully saturated rings. The van der Waals surface area contributed by atoms with Gasteiger partial charge in [-0.05, 0) is 29.8 Å². The summed E-state index contributed by atoms with van der Waals surface area (Å²) in [6.45, 7) is 0.303. The number of ether oxygens (including phenoxy) is 1. The van der Waals surface area contributed by atoms with Crippen molar-refractivity contribution in [2.75, 3.05) is 7.11 Å². The van der Waals surface area contributed by atoms with E-state index >= 15 is 0 Å². The summed E-state index contributed by atoms with van der Waals surface area (Å²) in [5.74, 6) is -0.725. The molecular weight excluding hydrogens is 246 g/mol. The van der Waals surface area contributed by atoms with E-state index in [9.17, 15) is 9.59 Å². The molecule has 1 aromatic carbocycles. The van der Waals surface area contributed by atoms with Crippen molar-refractivity contribution in [2.24, 2.45) is 0 Å². The quantitative estimate of drug-likeness (QED) is 0.905. The summed E-state index contributed by atoms with van der Waals surface area (Å²) in [6, 6.07) is 9.80. The van der Waals surface area contributed by atoms with Crippen LogP contribution in [0.5, 0.6) is 5.75 Å². The van der Waals surface area contributed by atoms with Gasteiger partial charge in [0.1, 0.15) is 0 Å². The molecule has 0 amide bonds. The van der Waals surface area contributed by atoms with E-state index in [1.807, 2.05) is 0 Å². The lowest BCUT2D eigenvalue weighted by atomic mass is 10.1. The molecule has 0 aliphatic heterocycles. The molecule has 1 N–H and O–H groups in total. The molecule has 1 heterocycles. The molecule has 0 atom stereocenters. The summed E-state index contributed by atoms with van der Waals surface area (Å²) in [5, 5.41) is 8.92. The maximum Gasteiger partial charge on any atom is 0.335 e. The number of rotatable bonds is 4. The molecule has 5 nitrogen and oxygen atoms in total. The maximum absolute atomic E-state index is 11.9. The summed E-state index contributed by atoms with van der Waals surface area (Å²) in [4.78, 5) is 22.8. The van der Waals surface area contributed by atoms with Crippen LogP contribution in [0.3, 0.4) is 0 Å². The summed E-state index contributed by atoms with van der Waals surface area (Å²) in [7, 11) is 1.44. The SMILES string of the molecule is COc1cccn(Cc2cccc(C(=O)O)c2)c1=O. The van der Waals surface area contributed by atoms with E-state index in [1.54, 1.807) is 36.5 Å². The van der Waals surface area contributed by atoms with Crippen molar-refractivity contribution in [3.63, 3.8) is 0 Å². The minimum Gasteiger partial charge on any atom is -0.491 e. The summed E-state index contributed by atoms with van der Waals surface area (Å²) in [5.41, 5.74) is 0.703. The molecule has 0 unspecified atom stereocenters. The van der Waals surface area contributed by atoms with Crippen molar-refractivity contribution in [1.29, 1.82) is 0 Å². The Hall–Kier alpha value is -2.56. The fourth-order valence-corrected chi connectivity index (χ4v) is 1.79. The molecule has 0 bridgehead atoms. The number of aromatic carboxylic acids is 1. The van der Waals surface area contributed by atoms with Gasteiger partial charge in [-0.3, -0.25) is 4.79 Å². The van der Waals surface area contributed by atoms with Gasteiger partial charge in [-0.1, -0.05) is 12.1 Å². The predicted molar refractivity (Wildman–Crippen MR) is 69.8 cm³/mol. The third-order valence-electron chi connectivity index (χ3n) is 2.73. The molecule has 0 spiro atoms. The van der Waals surface area contributed by atoms with Crippen LogP contribution in [0.15, 0.2) is 47.4 Å². The Kier molecular flexibility index (Phi) is 3.66. The molecule has 1 aromatic heterocycles. The van der Waals surface area contributed by atoms with Gasteiger partial charge in [0.2, 0.25) is 0 Å². The molecular formula is C14H13NO4. The number of methoxy groups -OCH3 is 1. The number of aromatic nitrogens is 1. The van der Waals surface area contributed by atoms with E-state index in [4.69, 9.17) is 9.84 Å². The number of carboxylic acid groups (broad SMARTS) is 1. The number of hydrogen-bond donors (Lipinski definition) is 1. The summed E-state index contributed by atoms with van der Waals surface area (Å²) >= 11 is 0. The minimum absolute atomic E-state index is 0.202. The van der Waals surface area contributed by atoms with Crippen LogP contribution >= 0.6 is 0 Å². The molecule has 0 aliphatic rings. The lowest BCUT2D eigenvalue weighted by Crippen LogP contribution is -2.21. The second-order valence-corrected chi connectivity index (χ2v) is 4.02. The fraction of sp³-hybridized carbons (Fsp3) is 0.143. The average molecular weight is 259 g/mol. The second kappa shape index (κ2) is 5.39. The highest BCUT2D eigenvalue weighted by molar-refractivity contribution is 5.87. The summed E-state index contributed by atoms with van der Waals surface area (Å²) < 4.78 is 6.43. The smallest absolute Gasteiger partial charge is 0.335 e. The Morgan fingerprint density at radius 1 is 1.32 bits per heavy atom. The number of hydrogen-bond acceptors (Lipinski definition) is 3. The van der Waals surface area contributed by atoms with Crippen LogP contribution in [-0.2, 0) is 6.54 Å². The normalized spacial score (nSPS) is 10.2. The number of benzene rings is 1. The van der Waals surface area contributed by atoms with Gasteiger partial charge in [0.05, 0.1) is 19.2 Å². The standard InChI is InChI=1S/C14H13NO4/c1-19-12-6-3-7-15(13(12)16)9-10-4-2-5-11(8-10)14(17)18/h2-8H,9H2,1H3,(H,17,18). The second-order valence-electron chi connectivity index (χ2n) is 4.02. The van der Waals surface area contributed by atoms with Crippen LogP contribution in [0.25, 0.3) is 0 Å². The van der Waals surface area contributed by atoms with Crippen LogP contribution in [0.1, 0.15) is 15.9 Å². The van der Waals surface area contributed by atoms with E-state index < -0.39 is 5.97 Å². The number of nitrogens with zero attached hydrogens (tertiary/aromatic N) is 1. The number of carbonyl (C=O) groups is 1. The molecule has 19 heavy (non-hydrogen) atoms. The van der Waals surface area contributed by atoms with Crippen LogP contribution in [0.4, 0.5) is 0 Å². The van der Waals surface area contributed by atoms with Gasteiger partial charge in [-0.25, -0.2) is 4.79 Å². The Labute approximate surface area is 109 Å². The van der Waals surface area contributed by atoms with Gasteiger partial charge >= 0.3 is 5.97 Å².